The Balaban J connectivity index is 1.43. The summed E-state index contributed by atoms with van der Waals surface area (Å²) in [6.45, 7) is 1.33. The van der Waals surface area contributed by atoms with Gasteiger partial charge in [0.1, 0.15) is 5.52 Å². The largest absolute Gasteiger partial charge is 0.340 e. The Hall–Kier alpha value is -3.06. The highest BCUT2D eigenvalue weighted by Crippen LogP contribution is 2.26. The van der Waals surface area contributed by atoms with Crippen LogP contribution < -0.4 is 11.3 Å². The van der Waals surface area contributed by atoms with Crippen LogP contribution in [-0.2, 0) is 11.3 Å². The molecule has 7 nitrogen and oxygen atoms in total. The van der Waals surface area contributed by atoms with Gasteiger partial charge in [0.25, 0.3) is 5.56 Å². The van der Waals surface area contributed by atoms with Gasteiger partial charge in [0.05, 0.1) is 11.9 Å². The predicted molar refractivity (Wildman–Crippen MR) is 102 cm³/mol. The highest BCUT2D eigenvalue weighted by Gasteiger charge is 2.33. The Morgan fingerprint density at radius 2 is 1.81 bits per heavy atom. The summed E-state index contributed by atoms with van der Waals surface area (Å²) >= 11 is 0. The second-order valence-corrected chi connectivity index (χ2v) is 6.86. The summed E-state index contributed by atoms with van der Waals surface area (Å²) < 4.78 is 1.25. The number of carbonyl (C=O) groups excluding carboxylic acids is 1. The fraction of sp³-hybridized carbons (Fsp3) is 0.300. The third kappa shape index (κ3) is 3.46. The van der Waals surface area contributed by atoms with E-state index in [0.29, 0.717) is 24.0 Å². The third-order valence-corrected chi connectivity index (χ3v) is 5.11. The number of rotatable bonds is 4. The van der Waals surface area contributed by atoms with Crippen molar-refractivity contribution < 1.29 is 4.79 Å². The van der Waals surface area contributed by atoms with E-state index in [4.69, 9.17) is 5.73 Å². The molecule has 0 saturated carbocycles. The van der Waals surface area contributed by atoms with Gasteiger partial charge >= 0.3 is 0 Å². The molecule has 0 aliphatic carbocycles. The summed E-state index contributed by atoms with van der Waals surface area (Å²) in [5.41, 5.74) is 7.74. The molecule has 1 aliphatic rings. The van der Waals surface area contributed by atoms with Crippen LogP contribution in [0.1, 0.15) is 17.9 Å². The molecule has 3 aromatic rings. The third-order valence-electron chi connectivity index (χ3n) is 5.11. The minimum atomic E-state index is -0.228. The molecule has 2 N–H and O–H groups in total. The van der Waals surface area contributed by atoms with Gasteiger partial charge in [-0.3, -0.25) is 9.59 Å². The van der Waals surface area contributed by atoms with E-state index in [1.807, 2.05) is 36.4 Å². The average Bonchev–Trinajstić information content (AvgIpc) is 3.10. The zero-order chi connectivity index (χ0) is 18.8. The maximum Gasteiger partial charge on any atom is 0.277 e. The van der Waals surface area contributed by atoms with Gasteiger partial charge in [0.2, 0.25) is 5.91 Å². The minimum Gasteiger partial charge on any atom is -0.340 e. The van der Waals surface area contributed by atoms with Crippen molar-refractivity contribution in [3.63, 3.8) is 0 Å². The topological polar surface area (TPSA) is 94.1 Å². The minimum absolute atomic E-state index is 0.0225. The van der Waals surface area contributed by atoms with E-state index in [1.165, 1.54) is 4.68 Å². The summed E-state index contributed by atoms with van der Waals surface area (Å²) in [7, 11) is 0. The lowest BCUT2D eigenvalue weighted by atomic mass is 9.95. The Labute approximate surface area is 156 Å². The Kier molecular flexibility index (Phi) is 4.68. The molecule has 1 saturated heterocycles. The molecule has 1 aromatic heterocycles. The predicted octanol–water partition coefficient (Wildman–Crippen LogP) is 1.13. The lowest BCUT2D eigenvalue weighted by molar-refractivity contribution is -0.130. The van der Waals surface area contributed by atoms with Crippen LogP contribution >= 0.6 is 0 Å². The maximum atomic E-state index is 12.6. The first-order valence-electron chi connectivity index (χ1n) is 9.04. The van der Waals surface area contributed by atoms with Crippen LogP contribution in [0.15, 0.2) is 59.4 Å². The van der Waals surface area contributed by atoms with E-state index in [-0.39, 0.29) is 36.4 Å². The molecular formula is C20H21N5O2. The zero-order valence-electron chi connectivity index (χ0n) is 14.9. The number of aromatic nitrogens is 3. The zero-order valence-corrected chi connectivity index (χ0v) is 14.9. The number of fused-ring (bicyclic) bond motifs is 1. The van der Waals surface area contributed by atoms with Gasteiger partial charge in [-0.1, -0.05) is 47.7 Å². The molecule has 0 bridgehead atoms. The summed E-state index contributed by atoms with van der Waals surface area (Å²) in [5, 5.41) is 8.50. The van der Waals surface area contributed by atoms with Crippen molar-refractivity contribution in [3.05, 3.63) is 70.5 Å². The molecule has 138 valence electrons. The number of amides is 1. The van der Waals surface area contributed by atoms with Crippen molar-refractivity contribution >= 4 is 16.8 Å². The van der Waals surface area contributed by atoms with Crippen LogP contribution in [0.25, 0.3) is 10.9 Å². The van der Waals surface area contributed by atoms with Crippen LogP contribution in [0.3, 0.4) is 0 Å². The Bertz CT molecular complexity index is 1020. The van der Waals surface area contributed by atoms with Crippen molar-refractivity contribution in [2.45, 2.75) is 24.9 Å². The van der Waals surface area contributed by atoms with Crippen molar-refractivity contribution in [2.24, 2.45) is 5.73 Å². The van der Waals surface area contributed by atoms with Gasteiger partial charge in [-0.2, -0.15) is 0 Å². The van der Waals surface area contributed by atoms with E-state index in [9.17, 15) is 9.59 Å². The van der Waals surface area contributed by atoms with E-state index < -0.39 is 0 Å². The SMILES string of the molecule is N[C@@H]1CN(C(=O)CCn2nnc3ccccc3c2=O)C[C@H]1c1ccccc1. The quantitative estimate of drug-likeness (QED) is 0.750. The second kappa shape index (κ2) is 7.28. The first-order chi connectivity index (χ1) is 13.1. The van der Waals surface area contributed by atoms with E-state index >= 15 is 0 Å². The molecule has 0 spiro atoms. The van der Waals surface area contributed by atoms with Crippen molar-refractivity contribution in [2.75, 3.05) is 13.1 Å². The lowest BCUT2D eigenvalue weighted by Gasteiger charge is -2.16. The standard InChI is InChI=1S/C20H21N5O2/c21-17-13-24(12-16(17)14-6-2-1-3-7-14)19(26)10-11-25-20(27)15-8-4-5-9-18(15)22-23-25/h1-9,16-17H,10-13,21H2/t16-,17+/m0/s1. The number of hydrogen-bond donors (Lipinski definition) is 1. The van der Waals surface area contributed by atoms with E-state index in [2.05, 4.69) is 10.3 Å². The number of hydrogen-bond acceptors (Lipinski definition) is 5. The summed E-state index contributed by atoms with van der Waals surface area (Å²) in [6.07, 6.45) is 0.196. The summed E-state index contributed by atoms with van der Waals surface area (Å²) in [4.78, 5) is 26.9. The molecule has 1 amide bonds. The smallest absolute Gasteiger partial charge is 0.277 e. The van der Waals surface area contributed by atoms with Crippen molar-refractivity contribution in [1.29, 1.82) is 0 Å². The molecule has 4 rings (SSSR count). The number of carbonyl (C=O) groups is 1. The molecule has 7 heteroatoms. The first-order valence-corrected chi connectivity index (χ1v) is 9.04. The molecule has 0 radical (unpaired) electrons. The normalized spacial score (nSPS) is 19.5. The fourth-order valence-electron chi connectivity index (χ4n) is 3.61. The van der Waals surface area contributed by atoms with Gasteiger partial charge in [-0.15, -0.1) is 5.10 Å². The van der Waals surface area contributed by atoms with Crippen LogP contribution in [-0.4, -0.2) is 44.9 Å². The van der Waals surface area contributed by atoms with Crippen LogP contribution in [0, 0.1) is 0 Å². The van der Waals surface area contributed by atoms with Gasteiger partial charge in [-0.25, -0.2) is 4.68 Å². The maximum absolute atomic E-state index is 12.6. The molecule has 2 heterocycles. The average molecular weight is 363 g/mol. The monoisotopic (exact) mass is 363 g/mol. The highest BCUT2D eigenvalue weighted by molar-refractivity contribution is 5.77. The van der Waals surface area contributed by atoms with Crippen LogP contribution in [0.5, 0.6) is 0 Å². The highest BCUT2D eigenvalue weighted by atomic mass is 16.2. The molecular weight excluding hydrogens is 342 g/mol. The second-order valence-electron chi connectivity index (χ2n) is 6.86. The Morgan fingerprint density at radius 3 is 2.63 bits per heavy atom. The molecule has 0 unspecified atom stereocenters. The van der Waals surface area contributed by atoms with Crippen molar-refractivity contribution in [3.8, 4) is 0 Å². The fourth-order valence-corrected chi connectivity index (χ4v) is 3.61. The molecule has 2 aromatic carbocycles. The van der Waals surface area contributed by atoms with Gasteiger partial charge in [0, 0.05) is 31.5 Å². The number of nitrogens with zero attached hydrogens (tertiary/aromatic N) is 4. The first kappa shape index (κ1) is 17.4. The number of benzene rings is 2. The van der Waals surface area contributed by atoms with Crippen LogP contribution in [0.2, 0.25) is 0 Å². The van der Waals surface area contributed by atoms with Crippen LogP contribution in [0.4, 0.5) is 0 Å². The molecule has 27 heavy (non-hydrogen) atoms. The number of likely N-dealkylation sites (tertiary alicyclic amines) is 1. The summed E-state index contributed by atoms with van der Waals surface area (Å²) in [6, 6.07) is 17.0. The molecule has 2 atom stereocenters. The van der Waals surface area contributed by atoms with Gasteiger partial charge < -0.3 is 10.6 Å². The number of aryl methyl sites for hydroxylation is 1. The van der Waals surface area contributed by atoms with Crippen molar-refractivity contribution in [1.82, 2.24) is 19.9 Å². The Morgan fingerprint density at radius 1 is 1.07 bits per heavy atom. The lowest BCUT2D eigenvalue weighted by Crippen LogP contribution is -2.34. The summed E-state index contributed by atoms with van der Waals surface area (Å²) in [5.74, 6) is 0.115. The molecule has 1 aliphatic heterocycles. The van der Waals surface area contributed by atoms with Gasteiger partial charge in [-0.05, 0) is 17.7 Å². The van der Waals surface area contributed by atoms with Gasteiger partial charge in [0.15, 0.2) is 0 Å². The van der Waals surface area contributed by atoms with E-state index in [1.54, 1.807) is 23.1 Å². The van der Waals surface area contributed by atoms with E-state index in [0.717, 1.165) is 5.56 Å². The molecule has 1 fully saturated rings. The number of nitrogens with two attached hydrogens (primary N) is 1.